The van der Waals surface area contributed by atoms with E-state index in [1.807, 2.05) is 41.5 Å². The summed E-state index contributed by atoms with van der Waals surface area (Å²) in [6.07, 6.45) is 1.48. The number of benzene rings is 1. The molecule has 1 fully saturated rings. The molecular weight excluding hydrogens is 494 g/mol. The average molecular weight is 544 g/mol. The molecule has 8 heteroatoms. The molecule has 2 N–H and O–H groups in total. The number of nitrogens with zero attached hydrogens (tertiary/aromatic N) is 2. The number of hydrogen-bond acceptors (Lipinski definition) is 5. The lowest BCUT2D eigenvalue weighted by atomic mass is 9.72. The van der Waals surface area contributed by atoms with Crippen LogP contribution >= 0.6 is 0 Å². The van der Waals surface area contributed by atoms with Gasteiger partial charge in [-0.15, -0.1) is 0 Å². The number of ether oxygens (including phenoxy) is 2. The minimum atomic E-state index is -0.982. The third-order valence-corrected chi connectivity index (χ3v) is 8.51. The number of esters is 1. The summed E-state index contributed by atoms with van der Waals surface area (Å²) >= 11 is 0. The van der Waals surface area contributed by atoms with E-state index in [1.54, 1.807) is 7.11 Å². The fourth-order valence-electron chi connectivity index (χ4n) is 6.42. The monoisotopic (exact) mass is 543 g/mol. The molecule has 218 valence electrons. The topological polar surface area (TPSA) is 105 Å². The minimum Gasteiger partial charge on any atom is -0.465 e. The van der Waals surface area contributed by atoms with E-state index in [4.69, 9.17) is 9.47 Å². The lowest BCUT2D eigenvalue weighted by molar-refractivity contribution is -0.148. The number of fused-ring (bicyclic) bond motifs is 1. The Labute approximate surface area is 233 Å². The Kier molecular flexibility index (Phi) is 10.1. The molecule has 1 aromatic carbocycles. The van der Waals surface area contributed by atoms with Crippen LogP contribution in [-0.4, -0.2) is 63.7 Å². The van der Waals surface area contributed by atoms with Gasteiger partial charge in [0.2, 0.25) is 0 Å². The molecule has 5 atom stereocenters. The molecule has 1 saturated heterocycles. The number of carboxylic acid groups (broad SMARTS) is 1. The number of amides is 1. The molecule has 0 saturated carbocycles. The quantitative estimate of drug-likeness (QED) is 0.226. The number of H-pyrrole nitrogens is 1. The molecule has 0 aliphatic carbocycles. The maximum absolute atomic E-state index is 12.8. The largest absolute Gasteiger partial charge is 0.465 e. The highest BCUT2D eigenvalue weighted by molar-refractivity contribution is 5.81. The van der Waals surface area contributed by atoms with Crippen molar-refractivity contribution in [3.63, 3.8) is 0 Å². The Morgan fingerprint density at radius 2 is 1.95 bits per heavy atom. The molecule has 1 aliphatic heterocycles. The van der Waals surface area contributed by atoms with E-state index in [-0.39, 0.29) is 35.6 Å². The van der Waals surface area contributed by atoms with Crippen LogP contribution in [0.5, 0.6) is 0 Å². The van der Waals surface area contributed by atoms with Gasteiger partial charge in [0.05, 0.1) is 23.2 Å². The highest BCUT2D eigenvalue weighted by atomic mass is 16.6. The van der Waals surface area contributed by atoms with Gasteiger partial charge in [-0.25, -0.2) is 4.79 Å². The molecule has 2 aromatic rings. The SMILES string of the molecule is COCCCC(c1ccc2c(C)n[nH]c2c1)[C@@H](C[C@@H]([C@@H]1C[C@@H](C(C)C)C(=O)O1)N(C(=O)O)C(C)(C)C)C(C)C. The summed E-state index contributed by atoms with van der Waals surface area (Å²) in [4.78, 5) is 27.1. The second kappa shape index (κ2) is 12.7. The van der Waals surface area contributed by atoms with E-state index in [2.05, 4.69) is 42.2 Å². The predicted octanol–water partition coefficient (Wildman–Crippen LogP) is 6.78. The lowest BCUT2D eigenvalue weighted by Gasteiger charge is -2.44. The van der Waals surface area contributed by atoms with Crippen molar-refractivity contribution in [2.45, 2.75) is 105 Å². The highest BCUT2D eigenvalue weighted by Crippen LogP contribution is 2.42. The fourth-order valence-corrected chi connectivity index (χ4v) is 6.42. The van der Waals surface area contributed by atoms with Crippen molar-refractivity contribution in [2.75, 3.05) is 13.7 Å². The van der Waals surface area contributed by atoms with Crippen LogP contribution in [0.2, 0.25) is 0 Å². The standard InChI is InChI=1S/C31H49N3O5/c1-18(2)24(23(11-10-14-38-9)21-12-13-22-20(5)32-33-26(22)15-21)16-27(34(30(36)37)31(6,7)8)28-17-25(19(3)4)29(35)39-28/h12-13,15,18-19,23-25,27-28H,10-11,14,16-17H2,1-9H3,(H,32,33)(H,36,37)/t23?,24-,25-,27-,28-/m0/s1. The summed E-state index contributed by atoms with van der Waals surface area (Å²) in [5.41, 5.74) is 2.53. The molecular formula is C31H49N3O5. The first-order valence-corrected chi connectivity index (χ1v) is 14.4. The molecule has 1 aromatic heterocycles. The van der Waals surface area contributed by atoms with Crippen LogP contribution in [0.15, 0.2) is 18.2 Å². The number of carbonyl (C=O) groups is 2. The summed E-state index contributed by atoms with van der Waals surface area (Å²) in [6.45, 7) is 16.9. The van der Waals surface area contributed by atoms with Crippen LogP contribution < -0.4 is 0 Å². The second-order valence-corrected chi connectivity index (χ2v) is 13.0. The third kappa shape index (κ3) is 7.13. The second-order valence-electron chi connectivity index (χ2n) is 13.0. The number of cyclic esters (lactones) is 1. The maximum Gasteiger partial charge on any atom is 0.408 e. The zero-order valence-electron chi connectivity index (χ0n) is 25.3. The number of carbonyl (C=O) groups excluding carboxylic acids is 1. The Hall–Kier alpha value is -2.61. The zero-order valence-corrected chi connectivity index (χ0v) is 25.3. The molecule has 2 heterocycles. The first-order chi connectivity index (χ1) is 18.3. The normalized spacial score (nSPS) is 20.4. The summed E-state index contributed by atoms with van der Waals surface area (Å²) in [7, 11) is 1.72. The Balaban J connectivity index is 2.06. The molecule has 0 radical (unpaired) electrons. The van der Waals surface area contributed by atoms with E-state index in [9.17, 15) is 14.7 Å². The van der Waals surface area contributed by atoms with E-state index in [0.29, 0.717) is 19.4 Å². The summed E-state index contributed by atoms with van der Waals surface area (Å²) in [6, 6.07) is 6.06. The van der Waals surface area contributed by atoms with Crippen molar-refractivity contribution in [1.29, 1.82) is 0 Å². The predicted molar refractivity (Wildman–Crippen MR) is 154 cm³/mol. The van der Waals surface area contributed by atoms with Gasteiger partial charge in [-0.3, -0.25) is 14.8 Å². The van der Waals surface area contributed by atoms with Gasteiger partial charge in [0.1, 0.15) is 6.10 Å². The lowest BCUT2D eigenvalue weighted by Crippen LogP contribution is -2.56. The highest BCUT2D eigenvalue weighted by Gasteiger charge is 2.47. The van der Waals surface area contributed by atoms with E-state index >= 15 is 0 Å². The molecule has 0 spiro atoms. The number of aromatic nitrogens is 2. The Morgan fingerprint density at radius 1 is 1.26 bits per heavy atom. The average Bonchev–Trinajstić information content (AvgIpc) is 3.41. The van der Waals surface area contributed by atoms with Gasteiger partial charge >= 0.3 is 12.1 Å². The van der Waals surface area contributed by atoms with E-state index < -0.39 is 23.8 Å². The smallest absolute Gasteiger partial charge is 0.408 e. The summed E-state index contributed by atoms with van der Waals surface area (Å²) in [5.74, 6) is 0.306. The van der Waals surface area contributed by atoms with Crippen LogP contribution in [0.3, 0.4) is 0 Å². The van der Waals surface area contributed by atoms with Crippen LogP contribution in [-0.2, 0) is 14.3 Å². The van der Waals surface area contributed by atoms with Crippen molar-refractivity contribution in [3.8, 4) is 0 Å². The van der Waals surface area contributed by atoms with Crippen LogP contribution in [0.25, 0.3) is 10.9 Å². The van der Waals surface area contributed by atoms with E-state index in [0.717, 1.165) is 29.4 Å². The Bertz CT molecular complexity index is 1120. The first-order valence-electron chi connectivity index (χ1n) is 14.4. The molecule has 1 aliphatic rings. The van der Waals surface area contributed by atoms with Gasteiger partial charge < -0.3 is 14.6 Å². The molecule has 0 bridgehead atoms. The van der Waals surface area contributed by atoms with Gasteiger partial charge in [0, 0.05) is 24.6 Å². The molecule has 39 heavy (non-hydrogen) atoms. The zero-order chi connectivity index (χ0) is 29.1. The van der Waals surface area contributed by atoms with Gasteiger partial charge in [0.15, 0.2) is 0 Å². The van der Waals surface area contributed by atoms with Crippen molar-refractivity contribution in [1.82, 2.24) is 15.1 Å². The number of aromatic amines is 1. The van der Waals surface area contributed by atoms with Crippen LogP contribution in [0.4, 0.5) is 4.79 Å². The van der Waals surface area contributed by atoms with E-state index in [1.165, 1.54) is 10.5 Å². The van der Waals surface area contributed by atoms with Crippen molar-refractivity contribution >= 4 is 23.0 Å². The third-order valence-electron chi connectivity index (χ3n) is 8.51. The molecule has 1 amide bonds. The van der Waals surface area contributed by atoms with Gasteiger partial charge in [-0.05, 0) is 88.7 Å². The minimum absolute atomic E-state index is 0.142. The number of methoxy groups -OCH3 is 1. The molecule has 8 nitrogen and oxygen atoms in total. The number of nitrogens with one attached hydrogen (secondary N) is 1. The summed E-state index contributed by atoms with van der Waals surface area (Å²) < 4.78 is 11.4. The fraction of sp³-hybridized carbons (Fsp3) is 0.710. The maximum atomic E-state index is 12.8. The van der Waals surface area contributed by atoms with Crippen LogP contribution in [0.1, 0.15) is 91.3 Å². The molecule has 3 rings (SSSR count). The van der Waals surface area contributed by atoms with Crippen molar-refractivity contribution < 1.29 is 24.2 Å². The Morgan fingerprint density at radius 3 is 2.49 bits per heavy atom. The first kappa shape index (κ1) is 30.9. The van der Waals surface area contributed by atoms with Crippen molar-refractivity contribution in [3.05, 3.63) is 29.5 Å². The van der Waals surface area contributed by atoms with Crippen LogP contribution in [0, 0.1) is 30.6 Å². The number of rotatable bonds is 12. The number of hydrogen-bond donors (Lipinski definition) is 2. The molecule has 1 unspecified atom stereocenters. The van der Waals surface area contributed by atoms with Gasteiger partial charge in [-0.2, -0.15) is 5.10 Å². The van der Waals surface area contributed by atoms with Gasteiger partial charge in [-0.1, -0.05) is 39.8 Å². The van der Waals surface area contributed by atoms with Gasteiger partial charge in [0.25, 0.3) is 0 Å². The number of aryl methyl sites for hydroxylation is 1. The summed E-state index contributed by atoms with van der Waals surface area (Å²) in [5, 5.41) is 19.1. The van der Waals surface area contributed by atoms with Crippen molar-refractivity contribution in [2.24, 2.45) is 23.7 Å².